The van der Waals surface area contributed by atoms with Crippen molar-refractivity contribution in [3.63, 3.8) is 0 Å². The summed E-state index contributed by atoms with van der Waals surface area (Å²) in [6.07, 6.45) is -0.678. The van der Waals surface area contributed by atoms with Gasteiger partial charge < -0.3 is 10.4 Å². The number of benzene rings is 2. The predicted molar refractivity (Wildman–Crippen MR) is 79.3 cm³/mol. The first kappa shape index (κ1) is 14.3. The molecule has 0 aliphatic carbocycles. The first-order valence-electron chi connectivity index (χ1n) is 6.74. The second kappa shape index (κ2) is 6.87. The highest BCUT2D eigenvalue weighted by atomic mass is 16.3. The fourth-order valence-electron chi connectivity index (χ4n) is 2.04. The van der Waals surface area contributed by atoms with E-state index < -0.39 is 6.10 Å². The third-order valence-electron chi connectivity index (χ3n) is 3.35. The molecule has 1 amide bonds. The quantitative estimate of drug-likeness (QED) is 0.876. The molecule has 2 aromatic carbocycles. The minimum atomic E-state index is -0.678. The van der Waals surface area contributed by atoms with Gasteiger partial charge in [0.05, 0.1) is 12.0 Å². The van der Waals surface area contributed by atoms with Gasteiger partial charge in [-0.15, -0.1) is 0 Å². The van der Waals surface area contributed by atoms with E-state index in [1.807, 2.05) is 67.6 Å². The van der Waals surface area contributed by atoms with Crippen LogP contribution in [-0.4, -0.2) is 17.6 Å². The summed E-state index contributed by atoms with van der Waals surface area (Å²) in [6.45, 7) is 2.08. The smallest absolute Gasteiger partial charge is 0.227 e. The lowest BCUT2D eigenvalue weighted by Crippen LogP contribution is -2.31. The van der Waals surface area contributed by atoms with Crippen molar-refractivity contribution in [3.05, 3.63) is 71.8 Å². The number of carbonyl (C=O) groups excluding carboxylic acids is 1. The second-order valence-corrected chi connectivity index (χ2v) is 4.80. The molecule has 0 radical (unpaired) electrons. The number of carbonyl (C=O) groups is 1. The van der Waals surface area contributed by atoms with Crippen molar-refractivity contribution in [2.45, 2.75) is 18.9 Å². The normalized spacial score (nSPS) is 13.5. The molecule has 3 nitrogen and oxygen atoms in total. The van der Waals surface area contributed by atoms with Gasteiger partial charge in [-0.3, -0.25) is 4.79 Å². The lowest BCUT2D eigenvalue weighted by Gasteiger charge is -2.15. The van der Waals surface area contributed by atoms with Crippen molar-refractivity contribution >= 4 is 5.91 Å². The summed E-state index contributed by atoms with van der Waals surface area (Å²) in [5.74, 6) is -0.301. The topological polar surface area (TPSA) is 49.3 Å². The van der Waals surface area contributed by atoms with Crippen molar-refractivity contribution in [2.24, 2.45) is 0 Å². The minimum absolute atomic E-state index is 0.0776. The number of hydrogen-bond donors (Lipinski definition) is 2. The lowest BCUT2D eigenvalue weighted by atomic mass is 10.0. The van der Waals surface area contributed by atoms with Crippen LogP contribution in [0.15, 0.2) is 60.7 Å². The summed E-state index contributed by atoms with van der Waals surface area (Å²) >= 11 is 0. The number of aliphatic hydroxyl groups is 1. The molecule has 0 aromatic heterocycles. The van der Waals surface area contributed by atoms with Gasteiger partial charge in [-0.2, -0.15) is 0 Å². The van der Waals surface area contributed by atoms with Crippen LogP contribution in [0.1, 0.15) is 30.1 Å². The Morgan fingerprint density at radius 2 is 1.50 bits per heavy atom. The fourth-order valence-corrected chi connectivity index (χ4v) is 2.04. The average Bonchev–Trinajstić information content (AvgIpc) is 2.53. The summed E-state index contributed by atoms with van der Waals surface area (Å²) in [6, 6.07) is 18.9. The number of amides is 1. The summed E-state index contributed by atoms with van der Waals surface area (Å²) < 4.78 is 0. The maximum atomic E-state index is 12.1. The first-order valence-corrected chi connectivity index (χ1v) is 6.74. The van der Waals surface area contributed by atoms with Crippen LogP contribution in [0.25, 0.3) is 0 Å². The van der Waals surface area contributed by atoms with Crippen molar-refractivity contribution < 1.29 is 9.90 Å². The van der Waals surface area contributed by atoms with Gasteiger partial charge in [0, 0.05) is 6.54 Å². The van der Waals surface area contributed by atoms with E-state index in [-0.39, 0.29) is 18.4 Å². The molecule has 0 heterocycles. The molecule has 0 bridgehead atoms. The van der Waals surface area contributed by atoms with Crippen molar-refractivity contribution in [2.75, 3.05) is 6.54 Å². The SMILES string of the molecule is C[C@H](C(=O)NC[C@H](O)c1ccccc1)c1ccccc1. The molecule has 0 saturated carbocycles. The molecular weight excluding hydrogens is 250 g/mol. The van der Waals surface area contributed by atoms with Gasteiger partial charge in [0.25, 0.3) is 0 Å². The second-order valence-electron chi connectivity index (χ2n) is 4.80. The zero-order valence-electron chi connectivity index (χ0n) is 11.5. The molecule has 2 N–H and O–H groups in total. The Bertz CT molecular complexity index is 539. The summed E-state index contributed by atoms with van der Waals surface area (Å²) in [4.78, 5) is 12.1. The van der Waals surface area contributed by atoms with Gasteiger partial charge in [0.2, 0.25) is 5.91 Å². The summed E-state index contributed by atoms with van der Waals surface area (Å²) in [7, 11) is 0. The van der Waals surface area contributed by atoms with E-state index in [9.17, 15) is 9.90 Å². The van der Waals surface area contributed by atoms with Crippen molar-refractivity contribution in [1.82, 2.24) is 5.32 Å². The van der Waals surface area contributed by atoms with Gasteiger partial charge in [0.1, 0.15) is 0 Å². The maximum Gasteiger partial charge on any atom is 0.227 e. The van der Waals surface area contributed by atoms with Crippen LogP contribution < -0.4 is 5.32 Å². The lowest BCUT2D eigenvalue weighted by molar-refractivity contribution is -0.122. The van der Waals surface area contributed by atoms with Crippen molar-refractivity contribution in [3.8, 4) is 0 Å². The van der Waals surface area contributed by atoms with E-state index in [4.69, 9.17) is 0 Å². The Morgan fingerprint density at radius 3 is 2.05 bits per heavy atom. The van der Waals surface area contributed by atoms with Crippen LogP contribution in [0.2, 0.25) is 0 Å². The maximum absolute atomic E-state index is 12.1. The molecule has 104 valence electrons. The van der Waals surface area contributed by atoms with E-state index in [1.54, 1.807) is 0 Å². The molecule has 0 saturated heterocycles. The zero-order valence-corrected chi connectivity index (χ0v) is 11.5. The molecule has 2 atom stereocenters. The highest BCUT2D eigenvalue weighted by Gasteiger charge is 2.16. The molecule has 0 aliphatic rings. The molecule has 0 unspecified atom stereocenters. The molecule has 20 heavy (non-hydrogen) atoms. The van der Waals surface area contributed by atoms with Crippen LogP contribution in [0.4, 0.5) is 0 Å². The minimum Gasteiger partial charge on any atom is -0.387 e. The largest absolute Gasteiger partial charge is 0.387 e. The Labute approximate surface area is 119 Å². The monoisotopic (exact) mass is 269 g/mol. The Morgan fingerprint density at radius 1 is 1.00 bits per heavy atom. The Balaban J connectivity index is 1.89. The third-order valence-corrected chi connectivity index (χ3v) is 3.35. The average molecular weight is 269 g/mol. The molecule has 0 fully saturated rings. The number of hydrogen-bond acceptors (Lipinski definition) is 2. The van der Waals surface area contributed by atoms with E-state index >= 15 is 0 Å². The van der Waals surface area contributed by atoms with E-state index in [1.165, 1.54) is 0 Å². The van der Waals surface area contributed by atoms with Gasteiger partial charge in [-0.05, 0) is 18.1 Å². The standard InChI is InChI=1S/C17H19NO2/c1-13(14-8-4-2-5-9-14)17(20)18-12-16(19)15-10-6-3-7-11-15/h2-11,13,16,19H,12H2,1H3,(H,18,20)/t13-,16-/m0/s1. The molecule has 3 heteroatoms. The third kappa shape index (κ3) is 3.68. The number of aliphatic hydroxyl groups excluding tert-OH is 1. The highest BCUT2D eigenvalue weighted by molar-refractivity contribution is 5.83. The first-order chi connectivity index (χ1) is 9.68. The molecule has 2 rings (SSSR count). The number of nitrogens with one attached hydrogen (secondary N) is 1. The Hall–Kier alpha value is -2.13. The van der Waals surface area contributed by atoms with E-state index in [0.29, 0.717) is 0 Å². The van der Waals surface area contributed by atoms with Gasteiger partial charge in [-0.25, -0.2) is 0 Å². The molecule has 0 spiro atoms. The molecular formula is C17H19NO2. The van der Waals surface area contributed by atoms with Crippen LogP contribution in [0.3, 0.4) is 0 Å². The van der Waals surface area contributed by atoms with Crippen molar-refractivity contribution in [1.29, 1.82) is 0 Å². The van der Waals surface area contributed by atoms with Crippen LogP contribution >= 0.6 is 0 Å². The summed E-state index contributed by atoms with van der Waals surface area (Å²) in [5.41, 5.74) is 1.78. The highest BCUT2D eigenvalue weighted by Crippen LogP contribution is 2.15. The fraction of sp³-hybridized carbons (Fsp3) is 0.235. The van der Waals surface area contributed by atoms with Crippen LogP contribution in [0, 0.1) is 0 Å². The Kier molecular flexibility index (Phi) is 4.91. The predicted octanol–water partition coefficient (Wildman–Crippen LogP) is 2.64. The van der Waals surface area contributed by atoms with Gasteiger partial charge in [0.15, 0.2) is 0 Å². The molecule has 0 aliphatic heterocycles. The van der Waals surface area contributed by atoms with Crippen LogP contribution in [0.5, 0.6) is 0 Å². The molecule has 2 aromatic rings. The van der Waals surface area contributed by atoms with E-state index in [0.717, 1.165) is 11.1 Å². The zero-order chi connectivity index (χ0) is 14.4. The van der Waals surface area contributed by atoms with Gasteiger partial charge in [-0.1, -0.05) is 60.7 Å². The number of rotatable bonds is 5. The summed E-state index contributed by atoms with van der Waals surface area (Å²) in [5, 5.41) is 12.8. The van der Waals surface area contributed by atoms with Gasteiger partial charge >= 0.3 is 0 Å². The van der Waals surface area contributed by atoms with Crippen LogP contribution in [-0.2, 0) is 4.79 Å². The van der Waals surface area contributed by atoms with E-state index in [2.05, 4.69) is 5.32 Å².